The molecule has 0 aliphatic heterocycles. The highest BCUT2D eigenvalue weighted by Crippen LogP contribution is 2.47. The van der Waals surface area contributed by atoms with Gasteiger partial charge in [-0.1, -0.05) is 64.9 Å². The van der Waals surface area contributed by atoms with Gasteiger partial charge in [0.25, 0.3) is 0 Å². The van der Waals surface area contributed by atoms with E-state index in [4.69, 9.17) is 0 Å². The summed E-state index contributed by atoms with van der Waals surface area (Å²) in [7, 11) is 4.84. The Morgan fingerprint density at radius 1 is 1.09 bits per heavy atom. The lowest BCUT2D eigenvalue weighted by atomic mass is 9.94. The van der Waals surface area contributed by atoms with E-state index in [9.17, 15) is 5.11 Å². The molecule has 0 radical (unpaired) electrons. The minimum absolute atomic E-state index is 0.0431. The summed E-state index contributed by atoms with van der Waals surface area (Å²) in [6.45, 7) is 7.40. The number of rotatable bonds is 6. The van der Waals surface area contributed by atoms with Gasteiger partial charge < -0.3 is 10.0 Å². The van der Waals surface area contributed by atoms with Gasteiger partial charge in [-0.05, 0) is 43.9 Å². The highest BCUT2D eigenvalue weighted by molar-refractivity contribution is 7.48. The minimum Gasteiger partial charge on any atom is -0.507 e. The van der Waals surface area contributed by atoms with Gasteiger partial charge in [0.05, 0.1) is 0 Å². The van der Waals surface area contributed by atoms with Crippen molar-refractivity contribution in [2.75, 3.05) is 14.1 Å². The fourth-order valence-electron chi connectivity index (χ4n) is 2.87. The van der Waals surface area contributed by atoms with E-state index in [0.717, 1.165) is 24.1 Å². The van der Waals surface area contributed by atoms with Gasteiger partial charge in [-0.3, -0.25) is 0 Å². The van der Waals surface area contributed by atoms with Crippen LogP contribution in [-0.4, -0.2) is 24.1 Å². The van der Waals surface area contributed by atoms with Gasteiger partial charge in [0.2, 0.25) is 0 Å². The van der Waals surface area contributed by atoms with Crippen LogP contribution in [0.1, 0.15) is 37.0 Å². The van der Waals surface area contributed by atoms with Crippen LogP contribution in [0, 0.1) is 6.92 Å². The number of para-hydroxylation sites is 1. The van der Waals surface area contributed by atoms with E-state index in [1.54, 1.807) is 0 Å². The maximum atomic E-state index is 10.6. The van der Waals surface area contributed by atoms with E-state index >= 15 is 0 Å². The van der Waals surface area contributed by atoms with Gasteiger partial charge >= 0.3 is 0 Å². The van der Waals surface area contributed by atoms with E-state index in [2.05, 4.69) is 69.2 Å². The third kappa shape index (κ3) is 4.13. The highest BCUT2D eigenvalue weighted by atomic mass is 31.1. The molecule has 2 rings (SSSR count). The van der Waals surface area contributed by atoms with Gasteiger partial charge in [0, 0.05) is 17.3 Å². The Morgan fingerprint density at radius 3 is 2.43 bits per heavy atom. The van der Waals surface area contributed by atoms with E-state index in [1.807, 2.05) is 13.0 Å². The Kier molecular flexibility index (Phi) is 5.84. The number of hydrogen-bond donors (Lipinski definition) is 1. The number of phenols is 1. The van der Waals surface area contributed by atoms with E-state index in [1.165, 1.54) is 10.9 Å². The second kappa shape index (κ2) is 7.47. The summed E-state index contributed by atoms with van der Waals surface area (Å²) in [5, 5.41) is 11.9. The molecule has 124 valence electrons. The van der Waals surface area contributed by atoms with Crippen molar-refractivity contribution in [3.8, 4) is 5.75 Å². The summed E-state index contributed by atoms with van der Waals surface area (Å²) >= 11 is 0. The molecule has 0 saturated heterocycles. The average molecular weight is 329 g/mol. The average Bonchev–Trinajstić information content (AvgIpc) is 2.51. The molecule has 0 bridgehead atoms. The quantitative estimate of drug-likeness (QED) is 0.795. The fraction of sp³-hybridized carbons (Fsp3) is 0.400. The number of benzene rings is 2. The van der Waals surface area contributed by atoms with Gasteiger partial charge in [-0.2, -0.15) is 0 Å². The lowest BCUT2D eigenvalue weighted by molar-refractivity contribution is 0.403. The zero-order valence-corrected chi connectivity index (χ0v) is 15.9. The first-order valence-corrected chi connectivity index (χ1v) is 9.17. The predicted molar refractivity (Wildman–Crippen MR) is 102 cm³/mol. The number of hydrogen-bond acceptors (Lipinski definition) is 2. The largest absolute Gasteiger partial charge is 0.507 e. The van der Waals surface area contributed by atoms with Crippen LogP contribution in [0.5, 0.6) is 5.75 Å². The summed E-state index contributed by atoms with van der Waals surface area (Å²) in [6, 6.07) is 14.8. The van der Waals surface area contributed by atoms with Crippen molar-refractivity contribution < 1.29 is 5.11 Å². The van der Waals surface area contributed by atoms with Gasteiger partial charge in [0.15, 0.2) is 0 Å². The zero-order valence-electron chi connectivity index (χ0n) is 14.9. The predicted octanol–water partition coefficient (Wildman–Crippen LogP) is 4.39. The van der Waals surface area contributed by atoms with Gasteiger partial charge in [-0.15, -0.1) is 0 Å². The van der Waals surface area contributed by atoms with Crippen LogP contribution in [0.4, 0.5) is 0 Å². The molecular formula is C20H28NOP. The topological polar surface area (TPSA) is 23.5 Å². The number of phenolic OH excluding ortho intramolecular Hbond substituents is 1. The molecule has 0 aliphatic carbocycles. The summed E-state index contributed by atoms with van der Waals surface area (Å²) < 4.78 is 0. The second-order valence-corrected chi connectivity index (χ2v) is 8.57. The number of nitrogens with zero attached hydrogens (tertiary/aromatic N) is 1. The van der Waals surface area contributed by atoms with Crippen molar-refractivity contribution in [1.29, 1.82) is 0 Å². The molecule has 3 heteroatoms. The molecule has 0 amide bonds. The number of aryl methyl sites for hydroxylation is 1. The molecule has 2 atom stereocenters. The molecule has 0 fully saturated rings. The van der Waals surface area contributed by atoms with Crippen LogP contribution < -0.4 is 5.30 Å². The van der Waals surface area contributed by atoms with Crippen molar-refractivity contribution in [2.45, 2.75) is 38.9 Å². The van der Waals surface area contributed by atoms with Crippen molar-refractivity contribution in [3.05, 3.63) is 59.2 Å². The van der Waals surface area contributed by atoms with Crippen LogP contribution in [0.3, 0.4) is 0 Å². The fourth-order valence-corrected chi connectivity index (χ4v) is 4.48. The van der Waals surface area contributed by atoms with Crippen LogP contribution in [-0.2, 0) is 11.7 Å². The highest BCUT2D eigenvalue weighted by Gasteiger charge is 2.29. The third-order valence-electron chi connectivity index (χ3n) is 4.45. The second-order valence-electron chi connectivity index (χ2n) is 6.68. The van der Waals surface area contributed by atoms with Gasteiger partial charge in [-0.25, -0.2) is 0 Å². The Morgan fingerprint density at radius 2 is 1.78 bits per heavy atom. The van der Waals surface area contributed by atoms with Crippen LogP contribution >= 0.6 is 8.58 Å². The number of aromatic hydroxyl groups is 1. The first kappa shape index (κ1) is 18.0. The maximum absolute atomic E-state index is 10.6. The molecule has 0 aliphatic rings. The molecular weight excluding hydrogens is 301 g/mol. The Hall–Kier alpha value is -1.37. The molecule has 0 aromatic heterocycles. The van der Waals surface area contributed by atoms with Crippen LogP contribution in [0.15, 0.2) is 42.5 Å². The molecule has 2 aromatic rings. The summed E-state index contributed by atoms with van der Waals surface area (Å²) in [6.07, 6.45) is 0.999. The van der Waals surface area contributed by atoms with E-state index in [0.29, 0.717) is 14.3 Å². The normalized spacial score (nSPS) is 14.5. The maximum Gasteiger partial charge on any atom is 0.122 e. The molecule has 2 nitrogen and oxygen atoms in total. The summed E-state index contributed by atoms with van der Waals surface area (Å²) in [4.78, 5) is 2.21. The molecule has 2 aromatic carbocycles. The SMILES string of the molecule is CCC(C)(Pc1ccccc1CN(C)C)c1cccc(C)c1O. The Labute approximate surface area is 142 Å². The smallest absolute Gasteiger partial charge is 0.122 e. The van der Waals surface area contributed by atoms with Crippen molar-refractivity contribution in [3.63, 3.8) is 0 Å². The summed E-state index contributed by atoms with van der Waals surface area (Å²) in [5.41, 5.74) is 3.40. The van der Waals surface area contributed by atoms with Crippen molar-refractivity contribution in [1.82, 2.24) is 4.90 Å². The first-order chi connectivity index (χ1) is 10.9. The third-order valence-corrected chi connectivity index (χ3v) is 6.39. The molecule has 0 heterocycles. The molecule has 0 spiro atoms. The summed E-state index contributed by atoms with van der Waals surface area (Å²) in [5.74, 6) is 0.453. The van der Waals surface area contributed by atoms with Gasteiger partial charge in [0.1, 0.15) is 5.75 Å². The van der Waals surface area contributed by atoms with E-state index < -0.39 is 0 Å². The molecule has 0 saturated carbocycles. The zero-order chi connectivity index (χ0) is 17.0. The lowest BCUT2D eigenvalue weighted by Crippen LogP contribution is -2.22. The Balaban J connectivity index is 2.41. The molecule has 23 heavy (non-hydrogen) atoms. The Bertz CT molecular complexity index is 668. The van der Waals surface area contributed by atoms with Crippen molar-refractivity contribution >= 4 is 13.9 Å². The monoisotopic (exact) mass is 329 g/mol. The van der Waals surface area contributed by atoms with E-state index in [-0.39, 0.29) is 5.16 Å². The van der Waals surface area contributed by atoms with Crippen LogP contribution in [0.2, 0.25) is 0 Å². The lowest BCUT2D eigenvalue weighted by Gasteiger charge is -2.31. The first-order valence-electron chi connectivity index (χ1n) is 8.17. The minimum atomic E-state index is -0.0431. The van der Waals surface area contributed by atoms with Crippen molar-refractivity contribution in [2.24, 2.45) is 0 Å². The van der Waals surface area contributed by atoms with Crippen LogP contribution in [0.25, 0.3) is 0 Å². The molecule has 2 unspecified atom stereocenters. The molecule has 1 N–H and O–H groups in total. The standard InChI is InChI=1S/C20H28NOP/c1-6-20(3,17-12-9-10-15(2)19(17)22)23-18-13-8-7-11-16(18)14-21(4)5/h7-13,22-23H,6,14H2,1-5H3.